The summed E-state index contributed by atoms with van der Waals surface area (Å²) in [4.78, 5) is 28.8. The summed E-state index contributed by atoms with van der Waals surface area (Å²) >= 11 is 0. The fourth-order valence-electron chi connectivity index (χ4n) is 2.56. The zero-order valence-electron chi connectivity index (χ0n) is 12.5. The van der Waals surface area contributed by atoms with Crippen molar-refractivity contribution in [3.63, 3.8) is 0 Å². The fourth-order valence-corrected chi connectivity index (χ4v) is 2.56. The third kappa shape index (κ3) is 3.22. The molecule has 1 fully saturated rings. The van der Waals surface area contributed by atoms with Crippen molar-refractivity contribution in [2.45, 2.75) is 12.8 Å². The predicted octanol–water partition coefficient (Wildman–Crippen LogP) is 3.36. The Hall–Kier alpha value is -2.73. The average molecular weight is 312 g/mol. The van der Waals surface area contributed by atoms with E-state index in [0.717, 1.165) is 12.8 Å². The molecule has 1 aliphatic heterocycles. The minimum absolute atomic E-state index is 0.117. The van der Waals surface area contributed by atoms with Crippen LogP contribution in [0.1, 0.15) is 28.8 Å². The Labute approximate surface area is 133 Å². The standard InChI is InChI=1S/C17H16N2O4/c20-17(13-6-2-1-3-7-13)14-8-9-15(16(12-14)19(21)22)18-10-4-5-11-23-18/h1-3,6-9,12H,4-5,10-11H2. The van der Waals surface area contributed by atoms with Gasteiger partial charge >= 0.3 is 0 Å². The molecule has 23 heavy (non-hydrogen) atoms. The summed E-state index contributed by atoms with van der Waals surface area (Å²) in [5, 5.41) is 12.9. The molecule has 0 amide bonds. The number of rotatable bonds is 4. The molecule has 0 radical (unpaired) electrons. The van der Waals surface area contributed by atoms with Gasteiger partial charge in [0.05, 0.1) is 11.5 Å². The second kappa shape index (κ2) is 6.58. The van der Waals surface area contributed by atoms with Crippen LogP contribution in [0.4, 0.5) is 11.4 Å². The van der Waals surface area contributed by atoms with Gasteiger partial charge in [-0.25, -0.2) is 5.06 Å². The molecular formula is C17H16N2O4. The molecule has 6 heteroatoms. The number of nitrogens with zero attached hydrogens (tertiary/aromatic N) is 2. The van der Waals surface area contributed by atoms with Crippen LogP contribution in [0.2, 0.25) is 0 Å². The van der Waals surface area contributed by atoms with E-state index in [9.17, 15) is 14.9 Å². The number of nitro groups is 1. The molecular weight excluding hydrogens is 296 g/mol. The Kier molecular flexibility index (Phi) is 4.34. The first kappa shape index (κ1) is 15.2. The molecule has 0 N–H and O–H groups in total. The van der Waals surface area contributed by atoms with Gasteiger partial charge in [0.15, 0.2) is 5.78 Å². The fraction of sp³-hybridized carbons (Fsp3) is 0.235. The Bertz CT molecular complexity index is 725. The van der Waals surface area contributed by atoms with Crippen LogP contribution in [0.15, 0.2) is 48.5 Å². The molecule has 0 atom stereocenters. The van der Waals surface area contributed by atoms with Gasteiger partial charge in [0.25, 0.3) is 5.69 Å². The number of carbonyl (C=O) groups is 1. The maximum Gasteiger partial charge on any atom is 0.295 e. The number of hydrogen-bond donors (Lipinski definition) is 0. The summed E-state index contributed by atoms with van der Waals surface area (Å²) in [5.41, 5.74) is 1.07. The van der Waals surface area contributed by atoms with E-state index in [4.69, 9.17) is 4.84 Å². The molecule has 6 nitrogen and oxygen atoms in total. The summed E-state index contributed by atoms with van der Waals surface area (Å²) < 4.78 is 0. The van der Waals surface area contributed by atoms with Crippen molar-refractivity contribution in [2.75, 3.05) is 18.2 Å². The number of ketones is 1. The third-order valence-electron chi connectivity index (χ3n) is 3.74. The monoisotopic (exact) mass is 312 g/mol. The van der Waals surface area contributed by atoms with Gasteiger partial charge < -0.3 is 0 Å². The number of nitro benzene ring substituents is 1. The highest BCUT2D eigenvalue weighted by Gasteiger charge is 2.24. The zero-order valence-corrected chi connectivity index (χ0v) is 12.5. The molecule has 1 heterocycles. The Balaban J connectivity index is 1.96. The number of hydrogen-bond acceptors (Lipinski definition) is 5. The van der Waals surface area contributed by atoms with Crippen LogP contribution in [0, 0.1) is 10.1 Å². The van der Waals surface area contributed by atoms with Crippen LogP contribution in [0.25, 0.3) is 0 Å². The van der Waals surface area contributed by atoms with Crippen molar-refractivity contribution < 1.29 is 14.6 Å². The molecule has 0 saturated carbocycles. The van der Waals surface area contributed by atoms with Crippen molar-refractivity contribution in [3.05, 3.63) is 69.8 Å². The lowest BCUT2D eigenvalue weighted by Crippen LogP contribution is -2.30. The Morgan fingerprint density at radius 3 is 2.52 bits per heavy atom. The van der Waals surface area contributed by atoms with E-state index in [1.54, 1.807) is 41.5 Å². The number of anilines is 1. The van der Waals surface area contributed by atoms with Gasteiger partial charge in [0.2, 0.25) is 0 Å². The Morgan fingerprint density at radius 2 is 1.87 bits per heavy atom. The van der Waals surface area contributed by atoms with Gasteiger partial charge in [0, 0.05) is 23.7 Å². The summed E-state index contributed by atoms with van der Waals surface area (Å²) in [6.45, 7) is 1.15. The smallest absolute Gasteiger partial charge is 0.289 e. The van der Waals surface area contributed by atoms with E-state index in [-0.39, 0.29) is 11.5 Å². The second-order valence-electron chi connectivity index (χ2n) is 5.30. The van der Waals surface area contributed by atoms with Gasteiger partial charge in [-0.15, -0.1) is 0 Å². The highest BCUT2D eigenvalue weighted by atomic mass is 16.7. The van der Waals surface area contributed by atoms with Gasteiger partial charge in [0.1, 0.15) is 5.69 Å². The average Bonchev–Trinajstić information content (AvgIpc) is 2.62. The minimum Gasteiger partial charge on any atom is -0.289 e. The van der Waals surface area contributed by atoms with E-state index in [1.807, 2.05) is 6.07 Å². The molecule has 1 aliphatic rings. The van der Waals surface area contributed by atoms with E-state index < -0.39 is 4.92 Å². The summed E-state index contributed by atoms with van der Waals surface area (Å²) in [6, 6.07) is 13.2. The van der Waals surface area contributed by atoms with Crippen molar-refractivity contribution in [2.24, 2.45) is 0 Å². The van der Waals surface area contributed by atoms with E-state index in [0.29, 0.717) is 30.0 Å². The molecule has 2 aromatic carbocycles. The van der Waals surface area contributed by atoms with Gasteiger partial charge in [-0.3, -0.25) is 19.7 Å². The van der Waals surface area contributed by atoms with E-state index >= 15 is 0 Å². The lowest BCUT2D eigenvalue weighted by atomic mass is 10.0. The highest BCUT2D eigenvalue weighted by Crippen LogP contribution is 2.31. The zero-order chi connectivity index (χ0) is 16.2. The van der Waals surface area contributed by atoms with Crippen LogP contribution in [-0.2, 0) is 4.84 Å². The molecule has 1 saturated heterocycles. The van der Waals surface area contributed by atoms with Crippen LogP contribution >= 0.6 is 0 Å². The lowest BCUT2D eigenvalue weighted by molar-refractivity contribution is -0.384. The van der Waals surface area contributed by atoms with E-state index in [2.05, 4.69) is 0 Å². The highest BCUT2D eigenvalue weighted by molar-refractivity contribution is 6.09. The van der Waals surface area contributed by atoms with Crippen molar-refractivity contribution in [1.82, 2.24) is 0 Å². The van der Waals surface area contributed by atoms with Crippen molar-refractivity contribution in [1.29, 1.82) is 0 Å². The molecule has 2 aromatic rings. The molecule has 0 aromatic heterocycles. The van der Waals surface area contributed by atoms with Crippen LogP contribution in [0.3, 0.4) is 0 Å². The quantitative estimate of drug-likeness (QED) is 0.492. The van der Waals surface area contributed by atoms with Crippen LogP contribution in [-0.4, -0.2) is 23.9 Å². The van der Waals surface area contributed by atoms with Crippen molar-refractivity contribution >= 4 is 17.2 Å². The maximum absolute atomic E-state index is 12.4. The van der Waals surface area contributed by atoms with Gasteiger partial charge in [-0.1, -0.05) is 30.3 Å². The normalized spacial score (nSPS) is 14.5. The first-order chi connectivity index (χ1) is 11.2. The SMILES string of the molecule is O=C(c1ccccc1)c1ccc(N2CCCCO2)c([N+](=O)[O-])c1. The van der Waals surface area contributed by atoms with Gasteiger partial charge in [-0.05, 0) is 25.0 Å². The largest absolute Gasteiger partial charge is 0.295 e. The molecule has 0 unspecified atom stereocenters. The lowest BCUT2D eigenvalue weighted by Gasteiger charge is -2.27. The first-order valence-corrected chi connectivity index (χ1v) is 7.45. The van der Waals surface area contributed by atoms with Gasteiger partial charge in [-0.2, -0.15) is 0 Å². The summed E-state index contributed by atoms with van der Waals surface area (Å²) in [7, 11) is 0. The number of hydroxylamine groups is 1. The molecule has 118 valence electrons. The molecule has 0 spiro atoms. The third-order valence-corrected chi connectivity index (χ3v) is 3.74. The van der Waals surface area contributed by atoms with Crippen LogP contribution in [0.5, 0.6) is 0 Å². The molecule has 3 rings (SSSR count). The van der Waals surface area contributed by atoms with E-state index in [1.165, 1.54) is 6.07 Å². The Morgan fingerprint density at radius 1 is 1.09 bits per heavy atom. The topological polar surface area (TPSA) is 72.7 Å². The molecule has 0 bridgehead atoms. The number of benzene rings is 2. The predicted molar refractivity (Wildman–Crippen MR) is 85.5 cm³/mol. The minimum atomic E-state index is -0.477. The maximum atomic E-state index is 12.4. The summed E-state index contributed by atoms with van der Waals surface area (Å²) in [5.74, 6) is -0.236. The van der Waals surface area contributed by atoms with Crippen molar-refractivity contribution in [3.8, 4) is 0 Å². The first-order valence-electron chi connectivity index (χ1n) is 7.45. The number of carbonyl (C=O) groups excluding carboxylic acids is 1. The van der Waals surface area contributed by atoms with Crippen LogP contribution < -0.4 is 5.06 Å². The second-order valence-corrected chi connectivity index (χ2v) is 5.30. The molecule has 0 aliphatic carbocycles. The summed E-state index contributed by atoms with van der Waals surface area (Å²) in [6.07, 6.45) is 1.86.